The molecule has 3 heteroatoms. The van der Waals surface area contributed by atoms with E-state index >= 15 is 0 Å². The maximum atomic E-state index is 11.7. The monoisotopic (exact) mass is 384 g/mol. The van der Waals surface area contributed by atoms with Gasteiger partial charge < -0.3 is 9.47 Å². The maximum absolute atomic E-state index is 11.7. The van der Waals surface area contributed by atoms with Gasteiger partial charge in [0.05, 0.1) is 6.61 Å². The molecule has 0 aliphatic rings. The highest BCUT2D eigenvalue weighted by Crippen LogP contribution is 2.11. The number of hydrogen-bond donors (Lipinski definition) is 0. The third kappa shape index (κ3) is 23.4. The molecule has 0 aliphatic heterocycles. The zero-order chi connectivity index (χ0) is 19.8. The Bertz CT molecular complexity index is 291. The highest BCUT2D eigenvalue weighted by atomic mass is 16.6. The zero-order valence-corrected chi connectivity index (χ0v) is 18.6. The summed E-state index contributed by atoms with van der Waals surface area (Å²) in [4.78, 5) is 11.7. The molecule has 0 radical (unpaired) electrons. The number of carbonyl (C=O) groups is 1. The lowest BCUT2D eigenvalue weighted by Gasteiger charge is -2.06. The summed E-state index contributed by atoms with van der Waals surface area (Å²) in [6.45, 7) is 6.26. The fraction of sp³-hybridized carbons (Fsp3) is 0.958. The summed E-state index contributed by atoms with van der Waals surface area (Å²) in [5.74, 6) is -0.0615. The van der Waals surface area contributed by atoms with E-state index in [0.29, 0.717) is 19.6 Å². The second-order valence-electron chi connectivity index (χ2n) is 7.89. The molecule has 0 N–H and O–H groups in total. The van der Waals surface area contributed by atoms with E-state index in [9.17, 15) is 4.79 Å². The van der Waals surface area contributed by atoms with E-state index in [4.69, 9.17) is 9.47 Å². The summed E-state index contributed by atoms with van der Waals surface area (Å²) in [7, 11) is 0. The van der Waals surface area contributed by atoms with Crippen molar-refractivity contribution in [3.8, 4) is 0 Å². The lowest BCUT2D eigenvalue weighted by atomic mass is 10.1. The Kier molecular flexibility index (Phi) is 23.0. The summed E-state index contributed by atoms with van der Waals surface area (Å²) >= 11 is 0. The number of hydrogen-bond acceptors (Lipinski definition) is 3. The number of esters is 1. The lowest BCUT2D eigenvalue weighted by Crippen LogP contribution is -2.10. The summed E-state index contributed by atoms with van der Waals surface area (Å²) in [5, 5.41) is 0. The fourth-order valence-electron chi connectivity index (χ4n) is 3.31. The first-order valence-electron chi connectivity index (χ1n) is 12.0. The van der Waals surface area contributed by atoms with Gasteiger partial charge in [-0.2, -0.15) is 0 Å². The molecule has 0 saturated carbocycles. The molecule has 0 aromatic rings. The van der Waals surface area contributed by atoms with Gasteiger partial charge in [-0.3, -0.25) is 4.79 Å². The summed E-state index contributed by atoms with van der Waals surface area (Å²) in [6.07, 6.45) is 22.5. The minimum absolute atomic E-state index is 0.0615. The van der Waals surface area contributed by atoms with Crippen molar-refractivity contribution in [3.63, 3.8) is 0 Å². The van der Waals surface area contributed by atoms with Crippen LogP contribution in [0.15, 0.2) is 0 Å². The van der Waals surface area contributed by atoms with Crippen molar-refractivity contribution >= 4 is 5.97 Å². The average Bonchev–Trinajstić information content (AvgIpc) is 2.67. The fourth-order valence-corrected chi connectivity index (χ4v) is 3.31. The molecule has 0 rings (SSSR count). The van der Waals surface area contributed by atoms with Crippen LogP contribution in [0.25, 0.3) is 0 Å². The Labute approximate surface area is 170 Å². The van der Waals surface area contributed by atoms with E-state index in [1.54, 1.807) is 0 Å². The lowest BCUT2D eigenvalue weighted by molar-refractivity contribution is -0.145. The molecule has 0 atom stereocenters. The molecule has 0 spiro atoms. The van der Waals surface area contributed by atoms with Gasteiger partial charge >= 0.3 is 5.97 Å². The zero-order valence-electron chi connectivity index (χ0n) is 18.6. The van der Waals surface area contributed by atoms with Crippen molar-refractivity contribution in [2.75, 3.05) is 19.8 Å². The van der Waals surface area contributed by atoms with Crippen LogP contribution in [0.5, 0.6) is 0 Å². The highest BCUT2D eigenvalue weighted by Gasteiger charge is 2.02. The van der Waals surface area contributed by atoms with Crippen LogP contribution in [0.3, 0.4) is 0 Å². The second-order valence-corrected chi connectivity index (χ2v) is 7.89. The van der Waals surface area contributed by atoms with E-state index in [1.165, 1.54) is 89.9 Å². The molecule has 0 heterocycles. The quantitative estimate of drug-likeness (QED) is 0.142. The number of rotatable bonds is 22. The van der Waals surface area contributed by atoms with Gasteiger partial charge in [0.25, 0.3) is 0 Å². The van der Waals surface area contributed by atoms with Crippen molar-refractivity contribution < 1.29 is 14.3 Å². The van der Waals surface area contributed by atoms with E-state index in [0.717, 1.165) is 25.9 Å². The average molecular weight is 385 g/mol. The van der Waals surface area contributed by atoms with Gasteiger partial charge in [0.1, 0.15) is 6.61 Å². The van der Waals surface area contributed by atoms with Gasteiger partial charge in [-0.25, -0.2) is 0 Å². The second kappa shape index (κ2) is 23.5. The van der Waals surface area contributed by atoms with E-state index in [2.05, 4.69) is 13.8 Å². The third-order valence-electron chi connectivity index (χ3n) is 5.12. The van der Waals surface area contributed by atoms with Gasteiger partial charge in [-0.05, 0) is 12.8 Å². The highest BCUT2D eigenvalue weighted by molar-refractivity contribution is 5.69. The Balaban J connectivity index is 3.13. The summed E-state index contributed by atoms with van der Waals surface area (Å²) in [6, 6.07) is 0. The topological polar surface area (TPSA) is 35.5 Å². The summed E-state index contributed by atoms with van der Waals surface area (Å²) in [5.41, 5.74) is 0. The minimum atomic E-state index is -0.0615. The largest absolute Gasteiger partial charge is 0.463 e. The van der Waals surface area contributed by atoms with E-state index in [1.807, 2.05) is 0 Å². The predicted octanol–water partition coefficient (Wildman–Crippen LogP) is 7.61. The first-order valence-corrected chi connectivity index (χ1v) is 12.0. The van der Waals surface area contributed by atoms with Crippen LogP contribution < -0.4 is 0 Å². The number of unbranched alkanes of at least 4 members (excludes halogenated alkanes) is 15. The molecule has 3 nitrogen and oxygen atoms in total. The molecule has 0 aromatic heterocycles. The van der Waals surface area contributed by atoms with Crippen molar-refractivity contribution in [1.82, 2.24) is 0 Å². The maximum Gasteiger partial charge on any atom is 0.305 e. The van der Waals surface area contributed by atoms with Crippen LogP contribution in [0.1, 0.15) is 129 Å². The van der Waals surface area contributed by atoms with Crippen LogP contribution in [0.4, 0.5) is 0 Å². The molecule has 0 aromatic carbocycles. The van der Waals surface area contributed by atoms with Crippen molar-refractivity contribution in [3.05, 3.63) is 0 Å². The van der Waals surface area contributed by atoms with Crippen LogP contribution in [-0.4, -0.2) is 25.8 Å². The number of carbonyl (C=O) groups excluding carboxylic acids is 1. The van der Waals surface area contributed by atoms with Crippen LogP contribution in [-0.2, 0) is 14.3 Å². The van der Waals surface area contributed by atoms with Crippen molar-refractivity contribution in [2.45, 2.75) is 129 Å². The molecule has 0 bridgehead atoms. The Morgan fingerprint density at radius 3 is 1.48 bits per heavy atom. The Morgan fingerprint density at radius 1 is 0.519 bits per heavy atom. The summed E-state index contributed by atoms with van der Waals surface area (Å²) < 4.78 is 10.8. The molecule has 0 aliphatic carbocycles. The van der Waals surface area contributed by atoms with Crippen LogP contribution in [0, 0.1) is 0 Å². The Morgan fingerprint density at radius 2 is 0.963 bits per heavy atom. The predicted molar refractivity (Wildman–Crippen MR) is 116 cm³/mol. The molecule has 0 fully saturated rings. The van der Waals surface area contributed by atoms with E-state index < -0.39 is 0 Å². The Hall–Kier alpha value is -0.570. The van der Waals surface area contributed by atoms with Crippen molar-refractivity contribution in [2.24, 2.45) is 0 Å². The van der Waals surface area contributed by atoms with Crippen LogP contribution >= 0.6 is 0 Å². The molecule has 162 valence electrons. The van der Waals surface area contributed by atoms with Gasteiger partial charge in [0.2, 0.25) is 0 Å². The molecule has 0 amide bonds. The van der Waals surface area contributed by atoms with Gasteiger partial charge in [-0.1, -0.05) is 110 Å². The molecule has 27 heavy (non-hydrogen) atoms. The normalized spacial score (nSPS) is 11.0. The molecule has 0 unspecified atom stereocenters. The first-order chi connectivity index (χ1) is 13.3. The van der Waals surface area contributed by atoms with E-state index in [-0.39, 0.29) is 5.97 Å². The third-order valence-corrected chi connectivity index (χ3v) is 5.12. The number of ether oxygens (including phenoxy) is 2. The molecular formula is C24H48O3. The smallest absolute Gasteiger partial charge is 0.305 e. The van der Waals surface area contributed by atoms with Crippen molar-refractivity contribution in [1.29, 1.82) is 0 Å². The minimum Gasteiger partial charge on any atom is -0.463 e. The molecule has 0 saturated heterocycles. The first kappa shape index (κ1) is 26.4. The standard InChI is InChI=1S/C24H48O3/c1-3-5-7-9-11-13-14-16-18-20-24(25)27-23-22-26-21-19-17-15-12-10-8-6-4-2/h3-23H2,1-2H3. The molecular weight excluding hydrogens is 336 g/mol. The van der Waals surface area contributed by atoms with Gasteiger partial charge in [0, 0.05) is 13.0 Å². The SMILES string of the molecule is CCCCCCCCCCCC(=O)OCCOCCCCCCCCCC. The van der Waals surface area contributed by atoms with Gasteiger partial charge in [0.15, 0.2) is 0 Å². The van der Waals surface area contributed by atoms with Gasteiger partial charge in [-0.15, -0.1) is 0 Å². The van der Waals surface area contributed by atoms with Crippen LogP contribution in [0.2, 0.25) is 0 Å².